The van der Waals surface area contributed by atoms with E-state index in [1.807, 2.05) is 15.9 Å². The Kier molecular flexibility index (Phi) is 2.92. The molecule has 1 rings (SSSR count). The van der Waals surface area contributed by atoms with E-state index in [1.54, 1.807) is 0 Å². The van der Waals surface area contributed by atoms with Crippen LogP contribution in [-0.2, 0) is 5.60 Å². The van der Waals surface area contributed by atoms with Crippen molar-refractivity contribution in [2.45, 2.75) is 17.4 Å². The largest absolute Gasteiger partial charge is 0.378 e. The van der Waals surface area contributed by atoms with Gasteiger partial charge in [0.05, 0.1) is 0 Å². The lowest BCUT2D eigenvalue weighted by Crippen LogP contribution is -2.38. The third-order valence-corrected chi connectivity index (χ3v) is 2.72. The van der Waals surface area contributed by atoms with Gasteiger partial charge in [-0.15, -0.1) is 0 Å². The molecule has 0 aromatic heterocycles. The molecule has 1 nitrogen and oxygen atoms in total. The van der Waals surface area contributed by atoms with E-state index in [2.05, 4.69) is 0 Å². The van der Waals surface area contributed by atoms with Crippen LogP contribution < -0.4 is 0 Å². The van der Waals surface area contributed by atoms with E-state index in [-0.39, 0.29) is 0 Å². The van der Waals surface area contributed by atoms with Gasteiger partial charge in [0.1, 0.15) is 5.82 Å². The Bertz CT molecular complexity index is 333. The van der Waals surface area contributed by atoms with E-state index in [1.165, 1.54) is 12.1 Å². The maximum absolute atomic E-state index is 13.1. The van der Waals surface area contributed by atoms with Crippen LogP contribution in [0.5, 0.6) is 0 Å². The van der Waals surface area contributed by atoms with Crippen LogP contribution in [0.15, 0.2) is 24.3 Å². The molecule has 1 unspecified atom stereocenters. The molecule has 0 amide bonds. The molecule has 0 fully saturated rings. The summed E-state index contributed by atoms with van der Waals surface area (Å²) in [5.41, 5.74) is -3.01. The van der Waals surface area contributed by atoms with Crippen LogP contribution in [-0.4, -0.2) is 9.94 Å². The van der Waals surface area contributed by atoms with Gasteiger partial charge in [0.2, 0.25) is 0 Å². The Labute approximate surface area is 87.7 Å². The maximum atomic E-state index is 13.1. The van der Waals surface area contributed by atoms with Crippen LogP contribution in [0.4, 0.5) is 13.2 Å². The van der Waals surface area contributed by atoms with Crippen molar-refractivity contribution in [3.63, 3.8) is 0 Å². The van der Waals surface area contributed by atoms with Crippen molar-refractivity contribution in [1.82, 2.24) is 0 Å². The smallest absolute Gasteiger partial charge is 0.333 e. The van der Waals surface area contributed by atoms with Crippen molar-refractivity contribution >= 4 is 15.9 Å². The van der Waals surface area contributed by atoms with Crippen molar-refractivity contribution < 1.29 is 18.3 Å². The summed E-state index contributed by atoms with van der Waals surface area (Å²) in [6.45, 7) is 0.847. The number of alkyl halides is 3. The molecular weight excluding hydrogens is 261 g/mol. The van der Waals surface area contributed by atoms with Crippen LogP contribution >= 0.6 is 15.9 Å². The minimum Gasteiger partial charge on any atom is -0.378 e. The first-order chi connectivity index (χ1) is 6.27. The molecule has 5 heteroatoms. The van der Waals surface area contributed by atoms with Gasteiger partial charge in [-0.2, -0.15) is 8.78 Å². The number of halogens is 4. The lowest BCUT2D eigenvalue weighted by Gasteiger charge is -2.28. The Morgan fingerprint density at radius 1 is 1.29 bits per heavy atom. The monoisotopic (exact) mass is 268 g/mol. The van der Waals surface area contributed by atoms with Crippen LogP contribution in [0, 0.1) is 5.82 Å². The van der Waals surface area contributed by atoms with Crippen LogP contribution in [0.3, 0.4) is 0 Å². The van der Waals surface area contributed by atoms with Crippen LogP contribution in [0.2, 0.25) is 0 Å². The minimum absolute atomic E-state index is 0.443. The van der Waals surface area contributed by atoms with E-state index in [9.17, 15) is 18.3 Å². The number of hydrogen-bond acceptors (Lipinski definition) is 1. The average molecular weight is 269 g/mol. The molecular formula is C9H8BrF3O. The first-order valence-electron chi connectivity index (χ1n) is 3.81. The third kappa shape index (κ3) is 1.93. The summed E-state index contributed by atoms with van der Waals surface area (Å²) in [5.74, 6) is -0.864. The van der Waals surface area contributed by atoms with Gasteiger partial charge in [-0.3, -0.25) is 0 Å². The zero-order valence-electron chi connectivity index (χ0n) is 7.27. The zero-order valence-corrected chi connectivity index (χ0v) is 8.85. The van der Waals surface area contributed by atoms with E-state index in [4.69, 9.17) is 0 Å². The highest BCUT2D eigenvalue weighted by Crippen LogP contribution is 2.42. The molecule has 1 N–H and O–H groups in total. The molecule has 14 heavy (non-hydrogen) atoms. The fourth-order valence-electron chi connectivity index (χ4n) is 1.01. The highest BCUT2D eigenvalue weighted by molar-refractivity contribution is 9.10. The first kappa shape index (κ1) is 11.5. The normalized spacial score (nSPS) is 16.4. The van der Waals surface area contributed by atoms with Crippen molar-refractivity contribution in [3.05, 3.63) is 35.6 Å². The van der Waals surface area contributed by atoms with Crippen molar-refractivity contribution in [1.29, 1.82) is 0 Å². The second kappa shape index (κ2) is 3.55. The number of aliphatic hydroxyl groups is 1. The average Bonchev–Trinajstić information content (AvgIpc) is 2.02. The highest BCUT2D eigenvalue weighted by Gasteiger charge is 2.49. The number of rotatable bonds is 2. The van der Waals surface area contributed by atoms with E-state index >= 15 is 0 Å². The molecule has 0 aliphatic heterocycles. The summed E-state index contributed by atoms with van der Waals surface area (Å²) in [6, 6.07) is 4.87. The summed E-state index contributed by atoms with van der Waals surface area (Å²) < 4.78 is 38.8. The molecule has 0 aliphatic carbocycles. The molecule has 78 valence electrons. The molecule has 0 saturated carbocycles. The molecule has 0 bridgehead atoms. The van der Waals surface area contributed by atoms with Gasteiger partial charge in [0.25, 0.3) is 0 Å². The topological polar surface area (TPSA) is 20.2 Å². The molecule has 0 saturated heterocycles. The minimum atomic E-state index is -3.58. The quantitative estimate of drug-likeness (QED) is 0.818. The lowest BCUT2D eigenvalue weighted by molar-refractivity contribution is -0.110. The number of benzene rings is 1. The first-order valence-corrected chi connectivity index (χ1v) is 4.60. The fourth-order valence-corrected chi connectivity index (χ4v) is 1.22. The summed E-state index contributed by atoms with van der Waals surface area (Å²) in [6.07, 6.45) is 0. The van der Waals surface area contributed by atoms with Crippen molar-refractivity contribution in [3.8, 4) is 0 Å². The maximum Gasteiger partial charge on any atom is 0.333 e. The Morgan fingerprint density at radius 3 is 2.21 bits per heavy atom. The molecule has 1 atom stereocenters. The van der Waals surface area contributed by atoms with Gasteiger partial charge in [0, 0.05) is 5.56 Å². The van der Waals surface area contributed by atoms with Gasteiger partial charge < -0.3 is 5.11 Å². The zero-order chi connectivity index (χ0) is 11.0. The van der Waals surface area contributed by atoms with Crippen molar-refractivity contribution in [2.24, 2.45) is 0 Å². The lowest BCUT2D eigenvalue weighted by atomic mass is 9.96. The van der Waals surface area contributed by atoms with Gasteiger partial charge in [-0.25, -0.2) is 4.39 Å². The Morgan fingerprint density at radius 2 is 1.79 bits per heavy atom. The second-order valence-corrected chi connectivity index (χ2v) is 4.05. The van der Waals surface area contributed by atoms with Gasteiger partial charge >= 0.3 is 4.83 Å². The van der Waals surface area contributed by atoms with Gasteiger partial charge in [-0.05, 0) is 28.9 Å². The third-order valence-electron chi connectivity index (χ3n) is 1.95. The van der Waals surface area contributed by atoms with Crippen LogP contribution in [0.25, 0.3) is 0 Å². The predicted octanol–water partition coefficient (Wildman–Crippen LogP) is 3.02. The summed E-state index contributed by atoms with van der Waals surface area (Å²) in [4.78, 5) is -3.58. The Hall–Kier alpha value is -0.550. The van der Waals surface area contributed by atoms with Crippen LogP contribution in [0.1, 0.15) is 12.5 Å². The summed E-state index contributed by atoms with van der Waals surface area (Å²) in [7, 11) is 0. The molecule has 0 heterocycles. The number of hydrogen-bond donors (Lipinski definition) is 1. The van der Waals surface area contributed by atoms with E-state index in [0.29, 0.717) is 0 Å². The summed E-state index contributed by atoms with van der Waals surface area (Å²) >= 11 is 2.02. The molecule has 0 radical (unpaired) electrons. The van der Waals surface area contributed by atoms with E-state index in [0.717, 1.165) is 19.1 Å². The standard InChI is InChI=1S/C9H8BrF3O/c1-8(14,9(10,12)13)6-4-2-3-5-7(6)11/h2-5,14H,1H3. The fraction of sp³-hybridized carbons (Fsp3) is 0.333. The predicted molar refractivity (Wildman–Crippen MR) is 49.8 cm³/mol. The summed E-state index contributed by atoms with van der Waals surface area (Å²) in [5, 5.41) is 9.47. The van der Waals surface area contributed by atoms with Gasteiger partial charge in [-0.1, -0.05) is 18.2 Å². The molecule has 1 aromatic rings. The Balaban J connectivity index is 3.23. The molecule has 0 aliphatic rings. The second-order valence-electron chi connectivity index (χ2n) is 3.05. The molecule has 0 spiro atoms. The SMILES string of the molecule is CC(O)(c1ccccc1F)C(F)(F)Br. The van der Waals surface area contributed by atoms with Crippen molar-refractivity contribution in [2.75, 3.05) is 0 Å². The van der Waals surface area contributed by atoms with E-state index < -0.39 is 21.8 Å². The highest BCUT2D eigenvalue weighted by atomic mass is 79.9. The molecule has 1 aromatic carbocycles. The van der Waals surface area contributed by atoms with Gasteiger partial charge in [0.15, 0.2) is 5.60 Å².